The number of nitrogens with zero attached hydrogens (tertiary/aromatic N) is 1. The Morgan fingerprint density at radius 1 is 0.925 bits per heavy atom. The van der Waals surface area contributed by atoms with Crippen LogP contribution in [0.1, 0.15) is 35.4 Å². The molecule has 1 aliphatic heterocycles. The summed E-state index contributed by atoms with van der Waals surface area (Å²) in [5.74, 6) is -1.70. The third-order valence-corrected chi connectivity index (χ3v) is 8.48. The fourth-order valence-corrected chi connectivity index (χ4v) is 6.21. The Bertz CT molecular complexity index is 1380. The minimum atomic E-state index is -1.16. The summed E-state index contributed by atoms with van der Waals surface area (Å²) in [7, 11) is 0. The van der Waals surface area contributed by atoms with E-state index in [1.807, 2.05) is 54.6 Å². The maximum atomic E-state index is 13.5. The number of hydrogen-bond acceptors (Lipinski definition) is 5. The number of carbonyl (C=O) groups is 3. The van der Waals surface area contributed by atoms with Gasteiger partial charge < -0.3 is 20.5 Å². The molecular formula is C32H33N3O5. The number of hydrogen-bond donors (Lipinski definition) is 3. The Morgan fingerprint density at radius 3 is 2.23 bits per heavy atom. The van der Waals surface area contributed by atoms with Gasteiger partial charge in [-0.15, -0.1) is 0 Å². The Balaban J connectivity index is 1.14. The molecule has 1 saturated carbocycles. The van der Waals surface area contributed by atoms with Gasteiger partial charge in [0.15, 0.2) is 0 Å². The summed E-state index contributed by atoms with van der Waals surface area (Å²) in [5, 5.41) is 15.1. The summed E-state index contributed by atoms with van der Waals surface area (Å²) in [6.07, 6.45) is 0.360. The molecule has 6 rings (SSSR count). The highest BCUT2D eigenvalue weighted by molar-refractivity contribution is 5.91. The van der Waals surface area contributed by atoms with E-state index in [1.54, 1.807) is 0 Å². The maximum Gasteiger partial charge on any atom is 0.408 e. The number of carboxylic acids is 1. The molecule has 206 valence electrons. The van der Waals surface area contributed by atoms with Gasteiger partial charge in [-0.3, -0.25) is 14.5 Å². The maximum absolute atomic E-state index is 13.5. The SMILES string of the molecule is O=C(NC1(C(=O)NC[C@H]2C[C@H]2C(=O)O)CCN(Cc2ccccc2)C1)OCC1c2ccccc2-c2ccccc21. The van der Waals surface area contributed by atoms with E-state index in [0.717, 1.165) is 27.8 Å². The Hall–Kier alpha value is -4.17. The zero-order chi connectivity index (χ0) is 27.7. The molecule has 0 radical (unpaired) electrons. The molecule has 3 atom stereocenters. The van der Waals surface area contributed by atoms with E-state index in [9.17, 15) is 19.5 Å². The minimum Gasteiger partial charge on any atom is -0.481 e. The molecule has 1 saturated heterocycles. The number of likely N-dealkylation sites (tertiary alicyclic amines) is 1. The molecule has 3 N–H and O–H groups in total. The van der Waals surface area contributed by atoms with E-state index in [0.29, 0.717) is 32.5 Å². The van der Waals surface area contributed by atoms with Crippen LogP contribution in [-0.2, 0) is 20.9 Å². The van der Waals surface area contributed by atoms with Crippen molar-refractivity contribution in [1.82, 2.24) is 15.5 Å². The number of amides is 2. The van der Waals surface area contributed by atoms with E-state index >= 15 is 0 Å². The minimum absolute atomic E-state index is 0.0743. The lowest BCUT2D eigenvalue weighted by molar-refractivity contribution is -0.139. The monoisotopic (exact) mass is 539 g/mol. The van der Waals surface area contributed by atoms with Crippen LogP contribution in [0, 0.1) is 11.8 Å². The van der Waals surface area contributed by atoms with Crippen molar-refractivity contribution in [3.8, 4) is 11.1 Å². The third kappa shape index (κ3) is 5.19. The first-order chi connectivity index (χ1) is 19.4. The molecule has 3 aliphatic rings. The van der Waals surface area contributed by atoms with E-state index in [4.69, 9.17) is 4.74 Å². The van der Waals surface area contributed by atoms with Crippen molar-refractivity contribution in [3.05, 3.63) is 95.6 Å². The van der Waals surface area contributed by atoms with Crippen LogP contribution in [0.4, 0.5) is 4.79 Å². The highest BCUT2D eigenvalue weighted by atomic mass is 16.5. The molecule has 8 heteroatoms. The Labute approximate surface area is 233 Å². The van der Waals surface area contributed by atoms with E-state index in [-0.39, 0.29) is 30.9 Å². The van der Waals surface area contributed by atoms with E-state index in [2.05, 4.69) is 39.8 Å². The van der Waals surface area contributed by atoms with Crippen LogP contribution >= 0.6 is 0 Å². The van der Waals surface area contributed by atoms with Crippen molar-refractivity contribution in [2.45, 2.75) is 30.8 Å². The summed E-state index contributed by atoms with van der Waals surface area (Å²) in [5.41, 5.74) is 4.50. The fourth-order valence-electron chi connectivity index (χ4n) is 6.21. The topological polar surface area (TPSA) is 108 Å². The molecule has 0 bridgehead atoms. The predicted octanol–water partition coefficient (Wildman–Crippen LogP) is 4.01. The number of carboxylic acid groups (broad SMARTS) is 1. The Kier molecular flexibility index (Phi) is 7.02. The highest BCUT2D eigenvalue weighted by Crippen LogP contribution is 2.44. The van der Waals surface area contributed by atoms with Crippen molar-refractivity contribution < 1.29 is 24.2 Å². The molecule has 2 amide bonds. The number of alkyl carbamates (subject to hydrolysis) is 1. The lowest BCUT2D eigenvalue weighted by Crippen LogP contribution is -2.60. The molecule has 3 aromatic rings. The smallest absolute Gasteiger partial charge is 0.408 e. The van der Waals surface area contributed by atoms with Crippen LogP contribution < -0.4 is 10.6 Å². The van der Waals surface area contributed by atoms with Crippen molar-refractivity contribution in [2.75, 3.05) is 26.2 Å². The van der Waals surface area contributed by atoms with Gasteiger partial charge in [-0.05, 0) is 46.6 Å². The molecule has 40 heavy (non-hydrogen) atoms. The molecule has 2 aliphatic carbocycles. The van der Waals surface area contributed by atoms with Gasteiger partial charge in [0.2, 0.25) is 5.91 Å². The number of ether oxygens (including phenoxy) is 1. The van der Waals surface area contributed by atoms with Crippen LogP contribution in [0.3, 0.4) is 0 Å². The second kappa shape index (κ2) is 10.8. The first-order valence-corrected chi connectivity index (χ1v) is 13.8. The van der Waals surface area contributed by atoms with Crippen LogP contribution in [0.15, 0.2) is 78.9 Å². The molecule has 0 spiro atoms. The lowest BCUT2D eigenvalue weighted by Gasteiger charge is -2.29. The first-order valence-electron chi connectivity index (χ1n) is 13.8. The predicted molar refractivity (Wildman–Crippen MR) is 150 cm³/mol. The zero-order valence-corrected chi connectivity index (χ0v) is 22.2. The number of carbonyl (C=O) groups excluding carboxylic acids is 2. The average molecular weight is 540 g/mol. The van der Waals surface area contributed by atoms with E-state index < -0.39 is 23.5 Å². The normalized spacial score (nSPS) is 23.2. The summed E-state index contributed by atoms with van der Waals surface area (Å²) in [4.78, 5) is 40.2. The van der Waals surface area contributed by atoms with Crippen LogP contribution in [0.2, 0.25) is 0 Å². The standard InChI is InChI=1S/C32H33N3O5/c36-29(37)27-16-22(27)17-33-30(38)32(14-15-35(20-32)18-21-8-2-1-3-9-21)34-31(39)40-19-28-25-12-6-4-10-23(25)24-11-5-7-13-26(24)28/h1-13,22,27-28H,14-20H2,(H,33,38)(H,34,39)(H,36,37)/t22-,27-,32?/m1/s1. The second-order valence-corrected chi connectivity index (χ2v) is 11.1. The number of aliphatic carboxylic acids is 1. The molecule has 3 aromatic carbocycles. The number of rotatable bonds is 9. The lowest BCUT2D eigenvalue weighted by atomic mass is 9.97. The third-order valence-electron chi connectivity index (χ3n) is 8.48. The van der Waals surface area contributed by atoms with Crippen LogP contribution in [0.5, 0.6) is 0 Å². The van der Waals surface area contributed by atoms with Gasteiger partial charge in [0.1, 0.15) is 12.1 Å². The summed E-state index contributed by atoms with van der Waals surface area (Å²) >= 11 is 0. The quantitative estimate of drug-likeness (QED) is 0.379. The van der Waals surface area contributed by atoms with Gasteiger partial charge in [0, 0.05) is 32.1 Å². The van der Waals surface area contributed by atoms with Crippen LogP contribution in [-0.4, -0.2) is 59.8 Å². The fraction of sp³-hybridized carbons (Fsp3) is 0.344. The molecule has 1 heterocycles. The van der Waals surface area contributed by atoms with Gasteiger partial charge >= 0.3 is 12.1 Å². The first kappa shape index (κ1) is 26.1. The largest absolute Gasteiger partial charge is 0.481 e. The summed E-state index contributed by atoms with van der Waals surface area (Å²) in [6, 6.07) is 26.3. The average Bonchev–Trinajstić information content (AvgIpc) is 3.55. The van der Waals surface area contributed by atoms with Gasteiger partial charge in [-0.2, -0.15) is 0 Å². The van der Waals surface area contributed by atoms with E-state index in [1.165, 1.54) is 0 Å². The number of fused-ring (bicyclic) bond motifs is 3. The van der Waals surface area contributed by atoms with Crippen molar-refractivity contribution in [2.24, 2.45) is 11.8 Å². The van der Waals surface area contributed by atoms with Gasteiger partial charge in [0.05, 0.1) is 5.92 Å². The molecule has 0 aromatic heterocycles. The van der Waals surface area contributed by atoms with Gasteiger partial charge in [-0.1, -0.05) is 78.9 Å². The van der Waals surface area contributed by atoms with Crippen LogP contribution in [0.25, 0.3) is 11.1 Å². The van der Waals surface area contributed by atoms with Gasteiger partial charge in [-0.25, -0.2) is 4.79 Å². The number of nitrogens with one attached hydrogen (secondary N) is 2. The molecule has 8 nitrogen and oxygen atoms in total. The molecular weight excluding hydrogens is 506 g/mol. The van der Waals surface area contributed by atoms with Crippen molar-refractivity contribution in [3.63, 3.8) is 0 Å². The number of benzene rings is 3. The summed E-state index contributed by atoms with van der Waals surface area (Å²) in [6.45, 7) is 2.07. The highest BCUT2D eigenvalue weighted by Gasteiger charge is 2.48. The van der Waals surface area contributed by atoms with Crippen molar-refractivity contribution >= 4 is 18.0 Å². The zero-order valence-electron chi connectivity index (χ0n) is 22.2. The second-order valence-electron chi connectivity index (χ2n) is 11.1. The van der Waals surface area contributed by atoms with Crippen molar-refractivity contribution in [1.29, 1.82) is 0 Å². The molecule has 1 unspecified atom stereocenters. The molecule has 2 fully saturated rings. The van der Waals surface area contributed by atoms with Gasteiger partial charge in [0.25, 0.3) is 0 Å². The Morgan fingerprint density at radius 2 is 1.57 bits per heavy atom. The summed E-state index contributed by atoms with van der Waals surface area (Å²) < 4.78 is 5.79.